The van der Waals surface area contributed by atoms with Crippen LogP contribution in [0.3, 0.4) is 0 Å². The highest BCUT2D eigenvalue weighted by atomic mass is 32.2. The molecule has 2 atom stereocenters. The van der Waals surface area contributed by atoms with Crippen molar-refractivity contribution in [1.82, 2.24) is 14.6 Å². The van der Waals surface area contributed by atoms with Crippen LogP contribution < -0.4 is 4.72 Å². The van der Waals surface area contributed by atoms with Crippen LogP contribution >= 0.6 is 11.3 Å². The van der Waals surface area contributed by atoms with Gasteiger partial charge in [-0.2, -0.15) is 0 Å². The van der Waals surface area contributed by atoms with E-state index in [9.17, 15) is 8.42 Å². The lowest BCUT2D eigenvalue weighted by molar-refractivity contribution is -0.118. The van der Waals surface area contributed by atoms with Gasteiger partial charge in [0.25, 0.3) is 0 Å². The second kappa shape index (κ2) is 6.52. The van der Waals surface area contributed by atoms with Crippen LogP contribution in [0.25, 0.3) is 0 Å². The van der Waals surface area contributed by atoms with Gasteiger partial charge in [-0.15, -0.1) is 11.3 Å². The summed E-state index contributed by atoms with van der Waals surface area (Å²) in [5.41, 5.74) is -0.0979. The zero-order valence-corrected chi connectivity index (χ0v) is 14.5. The Morgan fingerprint density at radius 1 is 1.55 bits per heavy atom. The molecule has 2 aliphatic rings. The Bertz CT molecular complexity index is 590. The molecule has 1 N–H and O–H groups in total. The number of hydrogen-bond acceptors (Lipinski definition) is 6. The van der Waals surface area contributed by atoms with Gasteiger partial charge in [-0.25, -0.2) is 18.1 Å². The lowest BCUT2D eigenvalue weighted by Crippen LogP contribution is -2.46. The molecule has 0 amide bonds. The zero-order chi connectivity index (χ0) is 15.6. The minimum Gasteiger partial charge on any atom is -0.369 e. The van der Waals surface area contributed by atoms with E-state index in [2.05, 4.69) is 14.6 Å². The molecule has 3 heterocycles. The van der Waals surface area contributed by atoms with Crippen LogP contribution in [0.2, 0.25) is 0 Å². The van der Waals surface area contributed by atoms with Crippen molar-refractivity contribution in [3.05, 3.63) is 16.6 Å². The molecule has 1 aromatic rings. The van der Waals surface area contributed by atoms with Gasteiger partial charge in [-0.05, 0) is 25.7 Å². The van der Waals surface area contributed by atoms with Crippen LogP contribution in [0.15, 0.2) is 11.6 Å². The molecule has 1 aromatic heterocycles. The van der Waals surface area contributed by atoms with Gasteiger partial charge in [0.1, 0.15) is 5.01 Å². The highest BCUT2D eigenvalue weighted by Crippen LogP contribution is 2.37. The van der Waals surface area contributed by atoms with Crippen molar-refractivity contribution in [3.8, 4) is 0 Å². The summed E-state index contributed by atoms with van der Waals surface area (Å²) in [5, 5.41) is 3.15. The van der Waals surface area contributed by atoms with E-state index in [-0.39, 0.29) is 11.7 Å². The average molecular weight is 345 g/mol. The Hall–Kier alpha value is -0.540. The average Bonchev–Trinajstić information content (AvgIpc) is 3.08. The van der Waals surface area contributed by atoms with Gasteiger partial charge in [-0.1, -0.05) is 0 Å². The van der Waals surface area contributed by atoms with Gasteiger partial charge in [0, 0.05) is 31.2 Å². The summed E-state index contributed by atoms with van der Waals surface area (Å²) in [6.45, 7) is 3.20. The van der Waals surface area contributed by atoms with Crippen molar-refractivity contribution in [3.63, 3.8) is 0 Å². The fourth-order valence-electron chi connectivity index (χ4n) is 3.40. The summed E-state index contributed by atoms with van der Waals surface area (Å²) in [5.74, 6) is 0. The normalized spacial score (nSPS) is 30.1. The van der Waals surface area contributed by atoms with Gasteiger partial charge in [0.2, 0.25) is 10.0 Å². The SMILES string of the molecule is CS(=O)(=O)NC[C@@H]1CCC[C@@]2(CCN(Cc3nccs3)C2)O1. The number of ether oxygens (including phenoxy) is 1. The first-order valence-electron chi connectivity index (χ1n) is 7.67. The molecule has 2 fully saturated rings. The van der Waals surface area contributed by atoms with E-state index in [1.54, 1.807) is 11.3 Å². The van der Waals surface area contributed by atoms with Crippen LogP contribution in [0.1, 0.15) is 30.7 Å². The topological polar surface area (TPSA) is 71.5 Å². The fraction of sp³-hybridized carbons (Fsp3) is 0.786. The number of likely N-dealkylation sites (tertiary alicyclic amines) is 1. The van der Waals surface area contributed by atoms with Gasteiger partial charge in [0.15, 0.2) is 0 Å². The molecule has 0 unspecified atom stereocenters. The van der Waals surface area contributed by atoms with E-state index in [0.717, 1.165) is 50.3 Å². The molecule has 0 bridgehead atoms. The first-order chi connectivity index (χ1) is 10.4. The predicted molar refractivity (Wildman–Crippen MR) is 86.3 cm³/mol. The summed E-state index contributed by atoms with van der Waals surface area (Å²) >= 11 is 1.69. The third-order valence-corrected chi connectivity index (χ3v) is 5.84. The van der Waals surface area contributed by atoms with E-state index in [1.165, 1.54) is 6.26 Å². The maximum atomic E-state index is 11.2. The summed E-state index contributed by atoms with van der Waals surface area (Å²) in [6, 6.07) is 0. The molecule has 0 radical (unpaired) electrons. The number of aromatic nitrogens is 1. The second-order valence-electron chi connectivity index (χ2n) is 6.32. The van der Waals surface area contributed by atoms with E-state index in [1.807, 2.05) is 11.6 Å². The van der Waals surface area contributed by atoms with Crippen molar-refractivity contribution in [2.45, 2.75) is 43.9 Å². The molecule has 8 heteroatoms. The first kappa shape index (κ1) is 16.3. The van der Waals surface area contributed by atoms with E-state index < -0.39 is 10.0 Å². The lowest BCUT2D eigenvalue weighted by atomic mass is 9.90. The molecule has 124 valence electrons. The van der Waals surface area contributed by atoms with Crippen molar-refractivity contribution in [2.75, 3.05) is 25.9 Å². The monoisotopic (exact) mass is 345 g/mol. The fourth-order valence-corrected chi connectivity index (χ4v) is 4.54. The molecule has 0 aliphatic carbocycles. The van der Waals surface area contributed by atoms with Crippen LogP contribution in [0.4, 0.5) is 0 Å². The van der Waals surface area contributed by atoms with Crippen LogP contribution in [0.5, 0.6) is 0 Å². The highest BCUT2D eigenvalue weighted by Gasteiger charge is 2.43. The Kier molecular flexibility index (Phi) is 4.84. The molecular weight excluding hydrogens is 322 g/mol. The van der Waals surface area contributed by atoms with Crippen LogP contribution in [-0.4, -0.2) is 55.9 Å². The standard InChI is InChI=1S/C14H23N3O3S2/c1-22(18,19)16-9-12-3-2-4-14(20-12)5-7-17(11-14)10-13-15-6-8-21-13/h6,8,12,16H,2-5,7,9-11H2,1H3/t12-,14-/m0/s1. The van der Waals surface area contributed by atoms with Gasteiger partial charge in [0.05, 0.1) is 24.5 Å². The minimum absolute atomic E-state index is 0.0108. The first-order valence-corrected chi connectivity index (χ1v) is 10.4. The second-order valence-corrected chi connectivity index (χ2v) is 9.13. The highest BCUT2D eigenvalue weighted by molar-refractivity contribution is 7.88. The Balaban J connectivity index is 1.55. The number of sulfonamides is 1. The Morgan fingerprint density at radius 3 is 3.14 bits per heavy atom. The molecule has 22 heavy (non-hydrogen) atoms. The number of nitrogens with zero attached hydrogens (tertiary/aromatic N) is 2. The summed E-state index contributed by atoms with van der Waals surface area (Å²) in [6.07, 6.45) is 7.14. The lowest BCUT2D eigenvalue weighted by Gasteiger charge is -2.38. The molecule has 0 aromatic carbocycles. The zero-order valence-electron chi connectivity index (χ0n) is 12.8. The smallest absolute Gasteiger partial charge is 0.208 e. The third kappa shape index (κ3) is 4.26. The van der Waals surface area contributed by atoms with Gasteiger partial charge < -0.3 is 4.74 Å². The maximum absolute atomic E-state index is 11.2. The van der Waals surface area contributed by atoms with Crippen molar-refractivity contribution < 1.29 is 13.2 Å². The molecule has 1 spiro atoms. The van der Waals surface area contributed by atoms with Crippen LogP contribution in [0, 0.1) is 0 Å². The summed E-state index contributed by atoms with van der Waals surface area (Å²) in [7, 11) is -3.15. The molecule has 6 nitrogen and oxygen atoms in total. The van der Waals surface area contributed by atoms with E-state index in [4.69, 9.17) is 4.74 Å². The van der Waals surface area contributed by atoms with Gasteiger partial charge >= 0.3 is 0 Å². The maximum Gasteiger partial charge on any atom is 0.208 e. The molecule has 0 saturated carbocycles. The number of thiazole rings is 1. The summed E-state index contributed by atoms with van der Waals surface area (Å²) < 4.78 is 31.3. The van der Waals surface area contributed by atoms with Crippen molar-refractivity contribution in [1.29, 1.82) is 0 Å². The van der Waals surface area contributed by atoms with Crippen molar-refractivity contribution >= 4 is 21.4 Å². The molecule has 3 rings (SSSR count). The van der Waals surface area contributed by atoms with Crippen LogP contribution in [-0.2, 0) is 21.3 Å². The number of nitrogens with one attached hydrogen (secondary N) is 1. The van der Waals surface area contributed by atoms with Gasteiger partial charge in [-0.3, -0.25) is 4.90 Å². The third-order valence-electron chi connectivity index (χ3n) is 4.39. The molecular formula is C14H23N3O3S2. The quantitative estimate of drug-likeness (QED) is 0.868. The Labute approximate surface area is 135 Å². The number of hydrogen-bond donors (Lipinski definition) is 1. The van der Waals surface area contributed by atoms with E-state index in [0.29, 0.717) is 6.54 Å². The summed E-state index contributed by atoms with van der Waals surface area (Å²) in [4.78, 5) is 6.74. The molecule has 2 aliphatic heterocycles. The molecule has 2 saturated heterocycles. The largest absolute Gasteiger partial charge is 0.369 e. The van der Waals surface area contributed by atoms with Crippen molar-refractivity contribution in [2.24, 2.45) is 0 Å². The minimum atomic E-state index is -3.15. The number of rotatable bonds is 5. The Morgan fingerprint density at radius 2 is 2.41 bits per heavy atom. The van der Waals surface area contributed by atoms with E-state index >= 15 is 0 Å². The predicted octanol–water partition coefficient (Wildman–Crippen LogP) is 1.21.